The molecule has 0 radical (unpaired) electrons. The number of halogens is 4. The number of benzene rings is 2. The molecule has 11 heteroatoms. The standard InChI is InChI=1S/C25H16ClF3N4O3/c1-13-10-17(12-20(34)31-13)33-24(35)21(16-6-7-19(27)18(26)11-16)22(32(9-8-30)25(33)36)14-2-4-15(5-3-14)23(28)29/h2-7,10-12,23H,9H2,1H3,(H,31,34). The van der Waals surface area contributed by atoms with Gasteiger partial charge in [-0.1, -0.05) is 41.9 Å². The molecule has 2 aromatic carbocycles. The number of nitriles is 1. The van der Waals surface area contributed by atoms with Crippen LogP contribution in [0.5, 0.6) is 0 Å². The maximum atomic E-state index is 13.9. The lowest BCUT2D eigenvalue weighted by Crippen LogP contribution is -2.41. The average Bonchev–Trinajstić information content (AvgIpc) is 2.82. The number of hydrogen-bond donors (Lipinski definition) is 1. The van der Waals surface area contributed by atoms with Gasteiger partial charge in [-0.2, -0.15) is 5.26 Å². The summed E-state index contributed by atoms with van der Waals surface area (Å²) in [6.07, 6.45) is -2.75. The maximum Gasteiger partial charge on any atom is 0.337 e. The van der Waals surface area contributed by atoms with E-state index < -0.39 is 35.6 Å². The van der Waals surface area contributed by atoms with Gasteiger partial charge in [0, 0.05) is 17.3 Å². The van der Waals surface area contributed by atoms with Crippen molar-refractivity contribution >= 4 is 11.6 Å². The number of nitrogens with one attached hydrogen (secondary N) is 1. The van der Waals surface area contributed by atoms with E-state index in [-0.39, 0.29) is 38.7 Å². The van der Waals surface area contributed by atoms with E-state index in [2.05, 4.69) is 4.98 Å². The fraction of sp³-hybridized carbons (Fsp3) is 0.120. The highest BCUT2D eigenvalue weighted by molar-refractivity contribution is 6.31. The molecule has 0 aliphatic rings. The monoisotopic (exact) mass is 512 g/mol. The Bertz CT molecular complexity index is 1700. The molecular formula is C25H16ClF3N4O3. The molecular weight excluding hydrogens is 497 g/mol. The zero-order chi connectivity index (χ0) is 26.1. The van der Waals surface area contributed by atoms with Crippen LogP contribution in [0.2, 0.25) is 5.02 Å². The SMILES string of the molecule is Cc1cc(-n2c(=O)c(-c3ccc(F)c(Cl)c3)c(-c3ccc(C(F)F)cc3)n(CC#N)c2=O)cc(=O)[nH]1. The van der Waals surface area contributed by atoms with Crippen LogP contribution in [-0.2, 0) is 6.54 Å². The number of hydrogen-bond acceptors (Lipinski definition) is 4. The van der Waals surface area contributed by atoms with Gasteiger partial charge < -0.3 is 4.98 Å². The van der Waals surface area contributed by atoms with Gasteiger partial charge in [0.05, 0.1) is 28.0 Å². The lowest BCUT2D eigenvalue weighted by molar-refractivity contribution is 0.151. The minimum atomic E-state index is -2.75. The highest BCUT2D eigenvalue weighted by Crippen LogP contribution is 2.32. The Labute approximate surface area is 206 Å². The van der Waals surface area contributed by atoms with E-state index in [1.807, 2.05) is 6.07 Å². The lowest BCUT2D eigenvalue weighted by Gasteiger charge is -2.19. The lowest BCUT2D eigenvalue weighted by atomic mass is 9.98. The van der Waals surface area contributed by atoms with Gasteiger partial charge in [0.1, 0.15) is 12.4 Å². The van der Waals surface area contributed by atoms with Gasteiger partial charge in [-0.15, -0.1) is 0 Å². The molecule has 0 aliphatic carbocycles. The molecule has 1 N–H and O–H groups in total. The molecule has 2 aromatic heterocycles. The zero-order valence-corrected chi connectivity index (χ0v) is 19.3. The van der Waals surface area contributed by atoms with E-state index >= 15 is 0 Å². The minimum Gasteiger partial charge on any atom is -0.326 e. The van der Waals surface area contributed by atoms with Crippen LogP contribution in [0, 0.1) is 24.1 Å². The molecule has 7 nitrogen and oxygen atoms in total. The maximum absolute atomic E-state index is 13.9. The molecule has 36 heavy (non-hydrogen) atoms. The molecule has 0 amide bonds. The molecule has 0 fully saturated rings. The van der Waals surface area contributed by atoms with Crippen LogP contribution in [0.3, 0.4) is 0 Å². The third kappa shape index (κ3) is 4.48. The molecule has 4 aromatic rings. The summed E-state index contributed by atoms with van der Waals surface area (Å²) in [5.74, 6) is -0.751. The van der Waals surface area contributed by atoms with Crippen molar-refractivity contribution in [3.8, 4) is 34.1 Å². The van der Waals surface area contributed by atoms with Gasteiger partial charge in [0.2, 0.25) is 5.56 Å². The predicted octanol–water partition coefficient (Wildman–Crippen LogP) is 4.58. The van der Waals surface area contributed by atoms with E-state index in [1.54, 1.807) is 6.92 Å². The van der Waals surface area contributed by atoms with Crippen molar-refractivity contribution < 1.29 is 13.2 Å². The van der Waals surface area contributed by atoms with Crippen LogP contribution in [0.25, 0.3) is 28.1 Å². The summed E-state index contributed by atoms with van der Waals surface area (Å²) in [5.41, 5.74) is -2.24. The highest BCUT2D eigenvalue weighted by atomic mass is 35.5. The smallest absolute Gasteiger partial charge is 0.326 e. The first kappa shape index (κ1) is 24.8. The van der Waals surface area contributed by atoms with Crippen LogP contribution in [-0.4, -0.2) is 14.1 Å². The topological polar surface area (TPSA) is 101 Å². The van der Waals surface area contributed by atoms with E-state index in [9.17, 15) is 32.8 Å². The Balaban J connectivity index is 2.19. The summed E-state index contributed by atoms with van der Waals surface area (Å²) < 4.78 is 41.9. The van der Waals surface area contributed by atoms with E-state index in [0.29, 0.717) is 5.69 Å². The molecule has 2 heterocycles. The van der Waals surface area contributed by atoms with Crippen LogP contribution in [0.4, 0.5) is 13.2 Å². The second kappa shape index (κ2) is 9.71. The van der Waals surface area contributed by atoms with Gasteiger partial charge in [-0.05, 0) is 36.2 Å². The Hall–Kier alpha value is -4.36. The predicted molar refractivity (Wildman–Crippen MR) is 128 cm³/mol. The van der Waals surface area contributed by atoms with Crippen molar-refractivity contribution in [1.29, 1.82) is 5.26 Å². The largest absolute Gasteiger partial charge is 0.337 e. The molecule has 0 saturated carbocycles. The van der Waals surface area contributed by atoms with Crippen LogP contribution in [0.15, 0.2) is 69.0 Å². The van der Waals surface area contributed by atoms with E-state index in [1.165, 1.54) is 30.3 Å². The fourth-order valence-corrected chi connectivity index (χ4v) is 4.07. The molecule has 182 valence electrons. The third-order valence-corrected chi connectivity index (χ3v) is 5.73. The second-order valence-corrected chi connectivity index (χ2v) is 8.24. The number of pyridine rings is 1. The molecule has 0 saturated heterocycles. The summed E-state index contributed by atoms with van der Waals surface area (Å²) in [6, 6.07) is 12.6. The Morgan fingerprint density at radius 2 is 1.69 bits per heavy atom. The van der Waals surface area contributed by atoms with Crippen LogP contribution >= 0.6 is 11.6 Å². The van der Waals surface area contributed by atoms with Crippen molar-refractivity contribution in [3.63, 3.8) is 0 Å². The normalized spacial score (nSPS) is 11.0. The van der Waals surface area contributed by atoms with E-state index in [0.717, 1.165) is 33.4 Å². The molecule has 0 unspecified atom stereocenters. The number of H-pyrrole nitrogens is 1. The van der Waals surface area contributed by atoms with Crippen LogP contribution < -0.4 is 16.8 Å². The van der Waals surface area contributed by atoms with Crippen LogP contribution in [0.1, 0.15) is 17.7 Å². The van der Waals surface area contributed by atoms with Crippen molar-refractivity contribution in [1.82, 2.24) is 14.1 Å². The van der Waals surface area contributed by atoms with Gasteiger partial charge in [-0.3, -0.25) is 14.2 Å². The van der Waals surface area contributed by atoms with E-state index in [4.69, 9.17) is 11.6 Å². The zero-order valence-electron chi connectivity index (χ0n) is 18.6. The van der Waals surface area contributed by atoms with Gasteiger partial charge in [0.15, 0.2) is 0 Å². The van der Waals surface area contributed by atoms with Crippen molar-refractivity contribution in [2.24, 2.45) is 0 Å². The van der Waals surface area contributed by atoms with Gasteiger partial charge in [-0.25, -0.2) is 22.5 Å². The second-order valence-electron chi connectivity index (χ2n) is 7.83. The summed E-state index contributed by atoms with van der Waals surface area (Å²) >= 11 is 5.97. The fourth-order valence-electron chi connectivity index (χ4n) is 3.89. The quantitative estimate of drug-likeness (QED) is 0.423. The number of alkyl halides is 2. The Kier molecular flexibility index (Phi) is 6.68. The number of aromatic nitrogens is 3. The first-order valence-electron chi connectivity index (χ1n) is 10.4. The highest BCUT2D eigenvalue weighted by Gasteiger charge is 2.24. The molecule has 0 aliphatic heterocycles. The Morgan fingerprint density at radius 3 is 2.28 bits per heavy atom. The third-order valence-electron chi connectivity index (χ3n) is 5.44. The Morgan fingerprint density at radius 1 is 1.03 bits per heavy atom. The first-order chi connectivity index (χ1) is 17.1. The summed E-state index contributed by atoms with van der Waals surface area (Å²) in [7, 11) is 0. The molecule has 4 rings (SSSR count). The molecule has 0 spiro atoms. The number of rotatable bonds is 5. The number of aromatic amines is 1. The first-order valence-corrected chi connectivity index (χ1v) is 10.8. The molecule has 0 atom stereocenters. The average molecular weight is 513 g/mol. The number of aryl methyl sites for hydroxylation is 1. The molecule has 0 bridgehead atoms. The van der Waals surface area contributed by atoms with Gasteiger partial charge in [0.25, 0.3) is 12.0 Å². The summed E-state index contributed by atoms with van der Waals surface area (Å²) in [6.45, 7) is 1.04. The minimum absolute atomic E-state index is 0.0483. The van der Waals surface area contributed by atoms with Crippen molar-refractivity contribution in [2.75, 3.05) is 0 Å². The van der Waals surface area contributed by atoms with Crippen molar-refractivity contribution in [3.05, 3.63) is 108 Å². The summed E-state index contributed by atoms with van der Waals surface area (Å²) in [4.78, 5) is 42.0. The summed E-state index contributed by atoms with van der Waals surface area (Å²) in [5, 5.41) is 9.17. The van der Waals surface area contributed by atoms with Crippen molar-refractivity contribution in [2.45, 2.75) is 19.9 Å². The number of nitrogens with zero attached hydrogens (tertiary/aromatic N) is 3. The van der Waals surface area contributed by atoms with Gasteiger partial charge >= 0.3 is 5.69 Å².